The number of anilines is 1. The van der Waals surface area contributed by atoms with Gasteiger partial charge >= 0.3 is 5.97 Å². The van der Waals surface area contributed by atoms with Crippen LogP contribution in [-0.2, 0) is 0 Å². The average Bonchev–Trinajstić information content (AvgIpc) is 2.39. The first-order chi connectivity index (χ1) is 8.58. The summed E-state index contributed by atoms with van der Waals surface area (Å²) in [6.45, 7) is 0. The predicted octanol–water partition coefficient (Wildman–Crippen LogP) is 1.91. The molecule has 0 unspecified atom stereocenters. The summed E-state index contributed by atoms with van der Waals surface area (Å²) in [5, 5.41) is 9.05. The number of aromatic nitrogens is 2. The molecule has 0 aliphatic heterocycles. The van der Waals surface area contributed by atoms with Crippen molar-refractivity contribution < 1.29 is 9.90 Å². The molecule has 18 heavy (non-hydrogen) atoms. The maximum atomic E-state index is 11.1. The van der Waals surface area contributed by atoms with E-state index in [1.165, 1.54) is 6.07 Å². The molecule has 0 aliphatic rings. The van der Waals surface area contributed by atoms with Crippen LogP contribution >= 0.6 is 0 Å². The second-order valence-electron chi connectivity index (χ2n) is 4.00. The first kappa shape index (κ1) is 12.0. The molecular formula is C13H13N3O2. The van der Waals surface area contributed by atoms with Gasteiger partial charge in [0.25, 0.3) is 0 Å². The predicted molar refractivity (Wildman–Crippen MR) is 68.8 cm³/mol. The number of carboxylic acid groups (broad SMARTS) is 1. The van der Waals surface area contributed by atoms with Crippen LogP contribution in [-0.4, -0.2) is 35.1 Å². The highest BCUT2D eigenvalue weighted by Gasteiger charge is 2.12. The quantitative estimate of drug-likeness (QED) is 0.891. The van der Waals surface area contributed by atoms with Crippen LogP contribution in [0.3, 0.4) is 0 Å². The second-order valence-corrected chi connectivity index (χ2v) is 4.00. The van der Waals surface area contributed by atoms with E-state index >= 15 is 0 Å². The third-order valence-corrected chi connectivity index (χ3v) is 2.40. The number of benzene rings is 1. The Kier molecular flexibility index (Phi) is 3.23. The molecule has 2 aromatic rings. The molecule has 0 aliphatic carbocycles. The molecule has 5 heteroatoms. The van der Waals surface area contributed by atoms with E-state index in [-0.39, 0.29) is 5.69 Å². The minimum atomic E-state index is -1.06. The molecule has 5 nitrogen and oxygen atoms in total. The van der Waals surface area contributed by atoms with Gasteiger partial charge in [0.1, 0.15) is 0 Å². The molecule has 1 aromatic heterocycles. The van der Waals surface area contributed by atoms with E-state index in [1.54, 1.807) is 19.0 Å². The van der Waals surface area contributed by atoms with Gasteiger partial charge in [0.15, 0.2) is 5.69 Å². The van der Waals surface area contributed by atoms with Gasteiger partial charge in [0.2, 0.25) is 5.95 Å². The third kappa shape index (κ3) is 2.45. The summed E-state index contributed by atoms with van der Waals surface area (Å²) in [6.07, 6.45) is 0. The minimum Gasteiger partial charge on any atom is -0.477 e. The molecule has 0 fully saturated rings. The van der Waals surface area contributed by atoms with Crippen LogP contribution in [0.4, 0.5) is 5.95 Å². The summed E-state index contributed by atoms with van der Waals surface area (Å²) in [5.74, 6) is -0.675. The topological polar surface area (TPSA) is 66.3 Å². The van der Waals surface area contributed by atoms with E-state index in [1.807, 2.05) is 30.3 Å². The number of nitrogens with zero attached hydrogens (tertiary/aromatic N) is 3. The molecule has 1 heterocycles. The minimum absolute atomic E-state index is 0.00690. The lowest BCUT2D eigenvalue weighted by Gasteiger charge is -2.12. The van der Waals surface area contributed by atoms with Crippen LogP contribution in [0, 0.1) is 0 Å². The maximum Gasteiger partial charge on any atom is 0.354 e. The van der Waals surface area contributed by atoms with E-state index in [0.717, 1.165) is 5.56 Å². The highest BCUT2D eigenvalue weighted by Crippen LogP contribution is 2.19. The van der Waals surface area contributed by atoms with Gasteiger partial charge in [-0.25, -0.2) is 14.8 Å². The monoisotopic (exact) mass is 243 g/mol. The van der Waals surface area contributed by atoms with Gasteiger partial charge in [-0.15, -0.1) is 0 Å². The average molecular weight is 243 g/mol. The molecular weight excluding hydrogens is 230 g/mol. The van der Waals surface area contributed by atoms with Crippen LogP contribution in [0.5, 0.6) is 0 Å². The Morgan fingerprint density at radius 3 is 2.39 bits per heavy atom. The lowest BCUT2D eigenvalue weighted by atomic mass is 10.1. The smallest absolute Gasteiger partial charge is 0.354 e. The Balaban J connectivity index is 2.57. The van der Waals surface area contributed by atoms with Gasteiger partial charge in [-0.1, -0.05) is 30.3 Å². The van der Waals surface area contributed by atoms with Gasteiger partial charge in [-0.2, -0.15) is 0 Å². The number of aromatic carboxylic acids is 1. The van der Waals surface area contributed by atoms with E-state index in [2.05, 4.69) is 9.97 Å². The van der Waals surface area contributed by atoms with Gasteiger partial charge < -0.3 is 10.0 Å². The number of carbonyl (C=O) groups is 1. The van der Waals surface area contributed by atoms with Crippen molar-refractivity contribution in [3.8, 4) is 11.3 Å². The fraction of sp³-hybridized carbons (Fsp3) is 0.154. The lowest BCUT2D eigenvalue weighted by molar-refractivity contribution is 0.0690. The first-order valence-corrected chi connectivity index (χ1v) is 5.43. The largest absolute Gasteiger partial charge is 0.477 e. The van der Waals surface area contributed by atoms with Crippen LogP contribution in [0.15, 0.2) is 36.4 Å². The van der Waals surface area contributed by atoms with Gasteiger partial charge in [0, 0.05) is 19.7 Å². The summed E-state index contributed by atoms with van der Waals surface area (Å²) in [5.41, 5.74) is 1.46. The van der Waals surface area contributed by atoms with Crippen molar-refractivity contribution >= 4 is 11.9 Å². The van der Waals surface area contributed by atoms with Crippen molar-refractivity contribution in [3.05, 3.63) is 42.1 Å². The molecule has 0 saturated carbocycles. The van der Waals surface area contributed by atoms with Crippen molar-refractivity contribution in [3.63, 3.8) is 0 Å². The molecule has 0 amide bonds. The van der Waals surface area contributed by atoms with E-state index < -0.39 is 5.97 Å². The zero-order valence-electron chi connectivity index (χ0n) is 10.2. The second kappa shape index (κ2) is 4.83. The van der Waals surface area contributed by atoms with Crippen LogP contribution in [0.25, 0.3) is 11.3 Å². The third-order valence-electron chi connectivity index (χ3n) is 2.40. The number of hydrogen-bond acceptors (Lipinski definition) is 4. The summed E-state index contributed by atoms with van der Waals surface area (Å²) in [6, 6.07) is 10.9. The van der Waals surface area contributed by atoms with Gasteiger partial charge in [0.05, 0.1) is 5.69 Å². The van der Waals surface area contributed by atoms with E-state index in [4.69, 9.17) is 5.11 Å². The fourth-order valence-electron chi connectivity index (χ4n) is 1.50. The van der Waals surface area contributed by atoms with Gasteiger partial charge in [-0.05, 0) is 6.07 Å². The van der Waals surface area contributed by atoms with Crippen LogP contribution in [0.2, 0.25) is 0 Å². The molecule has 1 N–H and O–H groups in total. The fourth-order valence-corrected chi connectivity index (χ4v) is 1.50. The zero-order valence-corrected chi connectivity index (χ0v) is 10.2. The Hall–Kier alpha value is -2.43. The number of rotatable bonds is 3. The maximum absolute atomic E-state index is 11.1. The summed E-state index contributed by atoms with van der Waals surface area (Å²) < 4.78 is 0. The molecule has 0 radical (unpaired) electrons. The van der Waals surface area contributed by atoms with Gasteiger partial charge in [-0.3, -0.25) is 0 Å². The molecule has 92 valence electrons. The summed E-state index contributed by atoms with van der Waals surface area (Å²) >= 11 is 0. The SMILES string of the molecule is CN(C)c1nc(C(=O)O)cc(-c2ccccc2)n1. The Labute approximate surface area is 105 Å². The number of hydrogen-bond donors (Lipinski definition) is 1. The Morgan fingerprint density at radius 2 is 1.83 bits per heavy atom. The van der Waals surface area contributed by atoms with Crippen LogP contribution < -0.4 is 4.90 Å². The van der Waals surface area contributed by atoms with E-state index in [9.17, 15) is 4.79 Å². The highest BCUT2D eigenvalue weighted by molar-refractivity contribution is 5.87. The molecule has 0 saturated heterocycles. The van der Waals surface area contributed by atoms with Crippen molar-refractivity contribution in [2.45, 2.75) is 0 Å². The molecule has 0 bridgehead atoms. The zero-order chi connectivity index (χ0) is 13.1. The Bertz CT molecular complexity index is 568. The highest BCUT2D eigenvalue weighted by atomic mass is 16.4. The van der Waals surface area contributed by atoms with Crippen molar-refractivity contribution in [1.29, 1.82) is 0 Å². The van der Waals surface area contributed by atoms with E-state index in [0.29, 0.717) is 11.6 Å². The molecule has 0 atom stereocenters. The summed E-state index contributed by atoms with van der Waals surface area (Å²) in [4.78, 5) is 21.0. The molecule has 1 aromatic carbocycles. The molecule has 2 rings (SSSR count). The Morgan fingerprint density at radius 1 is 1.17 bits per heavy atom. The lowest BCUT2D eigenvalue weighted by Crippen LogP contribution is -2.15. The number of carboxylic acids is 1. The first-order valence-electron chi connectivity index (χ1n) is 5.43. The normalized spacial score (nSPS) is 10.1. The van der Waals surface area contributed by atoms with Crippen LogP contribution in [0.1, 0.15) is 10.5 Å². The standard InChI is InChI=1S/C13H13N3O2/c1-16(2)13-14-10(8-11(15-13)12(17)18)9-6-4-3-5-7-9/h3-8H,1-2H3,(H,17,18). The molecule has 0 spiro atoms. The van der Waals surface area contributed by atoms with Crippen molar-refractivity contribution in [2.24, 2.45) is 0 Å². The van der Waals surface area contributed by atoms with Crippen molar-refractivity contribution in [1.82, 2.24) is 9.97 Å². The summed E-state index contributed by atoms with van der Waals surface area (Å²) in [7, 11) is 3.55. The van der Waals surface area contributed by atoms with Crippen molar-refractivity contribution in [2.75, 3.05) is 19.0 Å².